The number of nitrogens with zero attached hydrogens (tertiary/aromatic N) is 3. The maximum atomic E-state index is 12.4. The van der Waals surface area contributed by atoms with Gasteiger partial charge in [-0.3, -0.25) is 19.8 Å². The van der Waals surface area contributed by atoms with Gasteiger partial charge in [-0.15, -0.1) is 17.9 Å². The van der Waals surface area contributed by atoms with Crippen molar-refractivity contribution in [3.05, 3.63) is 69.7 Å². The number of hydrogen-bond donors (Lipinski definition) is 2. The largest absolute Gasteiger partial charge is 0.411 e. The second kappa shape index (κ2) is 9.98. The van der Waals surface area contributed by atoms with Gasteiger partial charge in [0.15, 0.2) is 9.90 Å². The van der Waals surface area contributed by atoms with E-state index >= 15 is 0 Å². The van der Waals surface area contributed by atoms with Crippen molar-refractivity contribution in [2.24, 2.45) is 0 Å². The van der Waals surface area contributed by atoms with E-state index in [2.05, 4.69) is 31.8 Å². The molecule has 0 saturated carbocycles. The van der Waals surface area contributed by atoms with E-state index in [1.807, 2.05) is 5.38 Å². The maximum Gasteiger partial charge on any atom is 0.411 e. The molecule has 0 unspecified atom stereocenters. The van der Waals surface area contributed by atoms with Crippen LogP contribution in [-0.4, -0.2) is 38.4 Å². The van der Waals surface area contributed by atoms with Gasteiger partial charge in [0, 0.05) is 17.5 Å². The fourth-order valence-corrected chi connectivity index (χ4v) is 3.55. The topological polar surface area (TPSA) is 84.8 Å². The summed E-state index contributed by atoms with van der Waals surface area (Å²) >= 11 is 6.46. The Bertz CT molecular complexity index is 1100. The average Bonchev–Trinajstić information content (AvgIpc) is 3.29. The number of allylic oxidation sites excluding steroid dienone is 1. The lowest BCUT2D eigenvalue weighted by molar-refractivity contribution is -0.176. The number of rotatable bonds is 9. The van der Waals surface area contributed by atoms with Crippen LogP contribution in [0.4, 0.5) is 18.3 Å². The number of nitrogens with one attached hydrogen (secondary N) is 2. The number of ether oxygens (including phenoxy) is 1. The van der Waals surface area contributed by atoms with Crippen LogP contribution in [0.2, 0.25) is 0 Å². The third-order valence-corrected chi connectivity index (χ3v) is 5.13. The highest BCUT2D eigenvalue weighted by Crippen LogP contribution is 2.19. The number of anilines is 1. The van der Waals surface area contributed by atoms with Gasteiger partial charge < -0.3 is 4.74 Å². The summed E-state index contributed by atoms with van der Waals surface area (Å²) in [6.45, 7) is 2.71. The number of carbonyl (C=O) groups excluding carboxylic acids is 1. The summed E-state index contributed by atoms with van der Waals surface area (Å²) in [5, 5.41) is 11.9. The lowest BCUT2D eigenvalue weighted by Crippen LogP contribution is -2.16. The molecule has 0 radical (unpaired) electrons. The number of amides is 1. The van der Waals surface area contributed by atoms with Crippen molar-refractivity contribution < 1.29 is 22.7 Å². The summed E-state index contributed by atoms with van der Waals surface area (Å²) in [6, 6.07) is 6.12. The fraction of sp³-hybridized carbons (Fsp3) is 0.263. The highest BCUT2D eigenvalue weighted by molar-refractivity contribution is 7.71. The standard InChI is InChI=1S/C19H18F3N5O2S2/c1-2-7-27-15(25-26-18(27)30)8-14-10-31-17(23-14)24-16(28)13-5-3-12(4-6-13)9-29-11-19(20,21)22/h2-6,10H,1,7-9,11H2,(H,26,30)(H,23,24,28). The molecule has 0 atom stereocenters. The Kier molecular flexibility index (Phi) is 7.36. The monoisotopic (exact) mass is 469 g/mol. The molecule has 0 fully saturated rings. The second-order valence-corrected chi connectivity index (χ2v) is 7.67. The van der Waals surface area contributed by atoms with Gasteiger partial charge in [0.1, 0.15) is 12.4 Å². The van der Waals surface area contributed by atoms with Gasteiger partial charge >= 0.3 is 6.18 Å². The lowest BCUT2D eigenvalue weighted by atomic mass is 10.1. The first-order valence-corrected chi connectivity index (χ1v) is 10.3. The molecule has 12 heteroatoms. The third-order valence-electron chi connectivity index (χ3n) is 4.01. The summed E-state index contributed by atoms with van der Waals surface area (Å²) in [6.07, 6.45) is -2.22. The minimum Gasteiger partial charge on any atom is -0.367 e. The quantitative estimate of drug-likeness (QED) is 0.356. The Balaban J connectivity index is 1.57. The first kappa shape index (κ1) is 22.8. The van der Waals surface area contributed by atoms with Gasteiger partial charge in [0.25, 0.3) is 5.91 Å². The van der Waals surface area contributed by atoms with E-state index in [4.69, 9.17) is 12.2 Å². The van der Waals surface area contributed by atoms with Crippen molar-refractivity contribution in [3.8, 4) is 0 Å². The Morgan fingerprint density at radius 3 is 2.77 bits per heavy atom. The molecule has 1 aromatic carbocycles. The molecule has 3 aromatic rings. The molecule has 2 aromatic heterocycles. The summed E-state index contributed by atoms with van der Waals surface area (Å²) < 4.78 is 43.2. The van der Waals surface area contributed by atoms with Crippen LogP contribution in [0.5, 0.6) is 0 Å². The number of carbonyl (C=O) groups is 1. The molecule has 3 rings (SSSR count). The molecule has 0 spiro atoms. The molecule has 2 N–H and O–H groups in total. The number of aromatic nitrogens is 4. The van der Waals surface area contributed by atoms with Gasteiger partial charge in [-0.05, 0) is 29.9 Å². The minimum atomic E-state index is -4.37. The number of thiazole rings is 1. The second-order valence-electron chi connectivity index (χ2n) is 6.42. The normalized spacial score (nSPS) is 11.5. The van der Waals surface area contributed by atoms with E-state index in [-0.39, 0.29) is 12.5 Å². The highest BCUT2D eigenvalue weighted by Gasteiger charge is 2.27. The molecule has 164 valence electrons. The Labute approximate surface area is 184 Å². The molecular formula is C19H18F3N5O2S2. The molecule has 1 amide bonds. The molecule has 0 aliphatic carbocycles. The first-order chi connectivity index (χ1) is 14.7. The molecule has 0 saturated heterocycles. The SMILES string of the molecule is C=CCn1c(Cc2csc(NC(=O)c3ccc(COCC(F)(F)F)cc3)n2)n[nH]c1=S. The van der Waals surface area contributed by atoms with Crippen molar-refractivity contribution >= 4 is 34.6 Å². The van der Waals surface area contributed by atoms with Crippen LogP contribution in [0.25, 0.3) is 0 Å². The van der Waals surface area contributed by atoms with Crippen LogP contribution in [0.3, 0.4) is 0 Å². The first-order valence-electron chi connectivity index (χ1n) is 8.99. The Hall–Kier alpha value is -2.83. The molecule has 2 heterocycles. The molecule has 7 nitrogen and oxygen atoms in total. The summed E-state index contributed by atoms with van der Waals surface area (Å²) in [5.74, 6) is 0.328. The Morgan fingerprint density at radius 2 is 2.10 bits per heavy atom. The van der Waals surface area contributed by atoms with Crippen LogP contribution in [-0.2, 0) is 24.3 Å². The Morgan fingerprint density at radius 1 is 1.35 bits per heavy atom. The van der Waals surface area contributed by atoms with Crippen LogP contribution in [0.1, 0.15) is 27.4 Å². The van der Waals surface area contributed by atoms with Crippen LogP contribution in [0.15, 0.2) is 42.3 Å². The fourth-order valence-electron chi connectivity index (χ4n) is 2.62. The number of benzene rings is 1. The summed E-state index contributed by atoms with van der Waals surface area (Å²) in [7, 11) is 0. The van der Waals surface area contributed by atoms with Crippen LogP contribution < -0.4 is 5.32 Å². The predicted molar refractivity (Wildman–Crippen MR) is 113 cm³/mol. The van der Waals surface area contributed by atoms with E-state index in [0.717, 1.165) is 5.69 Å². The van der Waals surface area contributed by atoms with Crippen molar-refractivity contribution in [2.45, 2.75) is 25.7 Å². The summed E-state index contributed by atoms with van der Waals surface area (Å²) in [5.41, 5.74) is 1.60. The van der Waals surface area contributed by atoms with Gasteiger partial charge in [-0.25, -0.2) is 4.98 Å². The van der Waals surface area contributed by atoms with Gasteiger partial charge in [-0.1, -0.05) is 18.2 Å². The number of alkyl halides is 3. The molecule has 0 aliphatic heterocycles. The average molecular weight is 470 g/mol. The lowest BCUT2D eigenvalue weighted by Gasteiger charge is -2.08. The van der Waals surface area contributed by atoms with Crippen LogP contribution in [0, 0.1) is 4.77 Å². The third kappa shape index (κ3) is 6.57. The van der Waals surface area contributed by atoms with Crippen molar-refractivity contribution in [1.29, 1.82) is 0 Å². The van der Waals surface area contributed by atoms with Crippen LogP contribution >= 0.6 is 23.6 Å². The minimum absolute atomic E-state index is 0.192. The summed E-state index contributed by atoms with van der Waals surface area (Å²) in [4.78, 5) is 16.8. The molecule has 0 bridgehead atoms. The van der Waals surface area contributed by atoms with Gasteiger partial charge in [-0.2, -0.15) is 18.3 Å². The van der Waals surface area contributed by atoms with E-state index in [1.54, 1.807) is 22.8 Å². The van der Waals surface area contributed by atoms with E-state index in [9.17, 15) is 18.0 Å². The number of aromatic amines is 1. The maximum absolute atomic E-state index is 12.4. The zero-order valence-corrected chi connectivity index (χ0v) is 17.7. The van der Waals surface area contributed by atoms with Crippen molar-refractivity contribution in [3.63, 3.8) is 0 Å². The smallest absolute Gasteiger partial charge is 0.367 e. The molecule has 0 aliphatic rings. The van der Waals surface area contributed by atoms with E-state index in [0.29, 0.717) is 39.8 Å². The van der Waals surface area contributed by atoms with Gasteiger partial charge in [0.05, 0.1) is 18.7 Å². The number of hydrogen-bond acceptors (Lipinski definition) is 6. The van der Waals surface area contributed by atoms with E-state index < -0.39 is 12.8 Å². The molecule has 31 heavy (non-hydrogen) atoms. The molecular weight excluding hydrogens is 451 g/mol. The number of H-pyrrole nitrogens is 1. The number of halogens is 3. The highest BCUT2D eigenvalue weighted by atomic mass is 32.1. The zero-order valence-electron chi connectivity index (χ0n) is 16.1. The van der Waals surface area contributed by atoms with E-state index in [1.165, 1.54) is 23.5 Å². The van der Waals surface area contributed by atoms with Crippen molar-refractivity contribution in [1.82, 2.24) is 19.7 Å². The zero-order chi connectivity index (χ0) is 22.4. The van der Waals surface area contributed by atoms with Crippen molar-refractivity contribution in [2.75, 3.05) is 11.9 Å². The van der Waals surface area contributed by atoms with Gasteiger partial charge in [0.2, 0.25) is 0 Å². The predicted octanol–water partition coefficient (Wildman–Crippen LogP) is 4.51.